The fourth-order valence-corrected chi connectivity index (χ4v) is 12.1. The number of hydrogen-bond acceptors (Lipinski definition) is 16. The minimum absolute atomic E-state index is 0.0139. The summed E-state index contributed by atoms with van der Waals surface area (Å²) in [4.78, 5) is 162. The molecule has 26 nitrogen and oxygen atoms in total. The molecule has 1 aromatic carbocycles. The summed E-state index contributed by atoms with van der Waals surface area (Å²) in [5, 5.41) is 17.5. The van der Waals surface area contributed by atoms with Crippen molar-refractivity contribution in [3.63, 3.8) is 0 Å². The number of methoxy groups -OCH3 is 1. The number of rotatable bonds is 53. The Hall–Kier alpha value is -7.33. The Morgan fingerprint density at radius 1 is 0.585 bits per heavy atom. The van der Waals surface area contributed by atoms with Gasteiger partial charge in [0.05, 0.1) is 69.0 Å². The van der Waals surface area contributed by atoms with Gasteiger partial charge in [0.2, 0.25) is 53.2 Å². The Morgan fingerprint density at radius 2 is 1.04 bits per heavy atom. The Bertz CT molecular complexity index is 3200. The summed E-state index contributed by atoms with van der Waals surface area (Å²) in [6.45, 7) is 23.6. The van der Waals surface area contributed by atoms with Crippen molar-refractivity contribution in [2.75, 3.05) is 145 Å². The fourth-order valence-electron chi connectivity index (χ4n) is 11.8. The van der Waals surface area contributed by atoms with Crippen LogP contribution in [0.2, 0.25) is 0 Å². The summed E-state index contributed by atoms with van der Waals surface area (Å²) in [7, 11) is 1.48. The number of esters is 1. The van der Waals surface area contributed by atoms with Crippen molar-refractivity contribution in [1.29, 1.82) is 0 Å². The summed E-state index contributed by atoms with van der Waals surface area (Å²) < 4.78 is 43.5. The van der Waals surface area contributed by atoms with Crippen molar-refractivity contribution in [1.82, 2.24) is 50.2 Å². The van der Waals surface area contributed by atoms with E-state index in [0.29, 0.717) is 68.9 Å². The first-order chi connectivity index (χ1) is 51.3. The molecule has 1 fully saturated rings. The maximum Gasteiger partial charge on any atom is 0.328 e. The third-order valence-corrected chi connectivity index (χ3v) is 18.1. The van der Waals surface area contributed by atoms with E-state index >= 15 is 4.79 Å². The van der Waals surface area contributed by atoms with Crippen molar-refractivity contribution in [3.8, 4) is 0 Å². The van der Waals surface area contributed by atoms with Crippen LogP contribution in [0.3, 0.4) is 0 Å². The number of nitrogens with one attached hydrogen (secondary N) is 3. The van der Waals surface area contributed by atoms with Crippen LogP contribution < -0.4 is 21.7 Å². The lowest BCUT2D eigenvalue weighted by atomic mass is 10.0. The number of cyclic esters (lactones) is 1. The van der Waals surface area contributed by atoms with Crippen LogP contribution in [0.5, 0.6) is 0 Å². The Kier molecular flexibility index (Phi) is 43.7. The van der Waals surface area contributed by atoms with Crippen LogP contribution in [0.25, 0.3) is 0 Å². The Balaban J connectivity index is 2.61. The van der Waals surface area contributed by atoms with E-state index in [2.05, 4.69) is 45.7 Å². The van der Waals surface area contributed by atoms with Gasteiger partial charge in [-0.2, -0.15) is 0 Å². The number of benzene rings is 1. The number of ether oxygens (including phenoxy) is 3. The number of carboxylic acid groups (broad SMARTS) is 1. The van der Waals surface area contributed by atoms with Gasteiger partial charge in [0.1, 0.15) is 6.04 Å². The molecule has 0 radical (unpaired) electrons. The number of aliphatic carboxylic acids is 1. The van der Waals surface area contributed by atoms with Gasteiger partial charge < -0.3 is 75.3 Å². The highest BCUT2D eigenvalue weighted by atomic mass is 79.9. The summed E-state index contributed by atoms with van der Waals surface area (Å²) in [6, 6.07) is 6.54. The zero-order valence-corrected chi connectivity index (χ0v) is 67.8. The molecule has 0 aliphatic carbocycles. The van der Waals surface area contributed by atoms with Crippen LogP contribution in [0.1, 0.15) is 165 Å². The zero-order valence-electron chi connectivity index (χ0n) is 69.2. The second-order valence-electron chi connectivity index (χ2n) is 29.1. The van der Waals surface area contributed by atoms with Gasteiger partial charge in [-0.05, 0) is 123 Å². The number of carbonyl (C=O) groups is 11. The first-order valence-corrected chi connectivity index (χ1v) is 38.4. The molecule has 0 aromatic heterocycles. The molecular weight excluding hydrogens is 1420 g/mol. The molecule has 598 valence electrons. The number of nitrogens with two attached hydrogens (primary N) is 1. The largest absolute Gasteiger partial charge is 0.481 e. The van der Waals surface area contributed by atoms with Crippen LogP contribution in [0.15, 0.2) is 75.3 Å². The molecule has 1 aromatic rings. The van der Waals surface area contributed by atoms with Crippen LogP contribution in [0.4, 0.5) is 0 Å². The Labute approximate surface area is 645 Å². The van der Waals surface area contributed by atoms with E-state index in [1.807, 2.05) is 91.8 Å². The van der Waals surface area contributed by atoms with Crippen molar-refractivity contribution in [3.05, 3.63) is 80.9 Å². The molecule has 106 heavy (non-hydrogen) atoms. The Morgan fingerprint density at radius 3 is 1.51 bits per heavy atom. The molecule has 5 atom stereocenters. The highest BCUT2D eigenvalue weighted by molar-refractivity contribution is 9.10. The standard InChI is InChI=1S/C79H130BrN11O15/c1-55(2)26-36-89(76(100)62(11)43-58(7)47-82-31-25-74(97)98)48-60(9)45-65(14)78(102)91(39-32-83-66(15)92)50-61(10)46-64(13)77(101)90(37-27-56(3)4)49-59(8)44-63(12)75(99)88(35-20-41-105-57(5)6)54-73(96)86(34-19-40-104-16)52-72(95)87(38-28-67-21-23-68(80)24-22-67)53-71(94)85(33-18-17-30-81)51-70(93)84-69-29-42-106-79(69)103/h21-24,43-46,55-57,62-65,69,82H,17-20,25-42,47-54,81H2,1-16H3,(H,83,92)(H,84,93)(H,97,98)/b58-43+,59-44+,60-45+,61-46+/t62-,63+,64-,65-,69?/m1/s1/i12D3. The fraction of sp³-hybridized carbons (Fsp3) is 0.684. The summed E-state index contributed by atoms with van der Waals surface area (Å²) >= 11 is 3.46. The van der Waals surface area contributed by atoms with Crippen molar-refractivity contribution < 1.29 is 76.2 Å². The molecular formula is C79H130BrN11O15. The van der Waals surface area contributed by atoms with Gasteiger partial charge >= 0.3 is 11.9 Å². The lowest BCUT2D eigenvalue weighted by molar-refractivity contribution is -0.147. The highest BCUT2D eigenvalue weighted by Gasteiger charge is 2.33. The summed E-state index contributed by atoms with van der Waals surface area (Å²) in [6.07, 6.45) is 9.93. The summed E-state index contributed by atoms with van der Waals surface area (Å²) in [5.41, 5.74) is 9.41. The van der Waals surface area contributed by atoms with E-state index in [0.717, 1.165) is 32.5 Å². The quantitative estimate of drug-likeness (QED) is 0.0240. The second-order valence-corrected chi connectivity index (χ2v) is 30.0. The molecule has 0 saturated carbocycles. The molecule has 9 amide bonds. The summed E-state index contributed by atoms with van der Waals surface area (Å²) in [5.74, 6) is -9.00. The molecule has 1 unspecified atom stereocenters. The zero-order chi connectivity index (χ0) is 82.1. The highest BCUT2D eigenvalue weighted by Crippen LogP contribution is 2.20. The first-order valence-electron chi connectivity index (χ1n) is 39.1. The minimum atomic E-state index is -2.96. The first kappa shape index (κ1) is 89.3. The third-order valence-electron chi connectivity index (χ3n) is 17.6. The average Bonchev–Trinajstić information content (AvgIpc) is 1.25. The topological polar surface area (TPSA) is 320 Å². The normalized spacial score (nSPS) is 15.2. The SMILES string of the molecule is [2H]C([2H])([2H])[C@@H](/C=C(\C)CN(CCC(C)C)C(=O)[C@H](C)/C=C(\C)CN(CCNC(C)=O)C(=O)[C@H](C)/C=C(\C)CN(CCC(C)C)C(=O)[C@H](C)/C=C(\C)CNCCC(=O)O)C(=O)N(CCCOC(C)C)CC(=O)N(CCCOC)CC(=O)N(CCc1ccc(Br)cc1)CC(=O)N(CCCCN)CC(=O)NC1CCOC1=O. The number of carboxylic acids is 1. The van der Waals surface area contributed by atoms with Gasteiger partial charge in [-0.25, -0.2) is 4.79 Å². The van der Waals surface area contributed by atoms with Gasteiger partial charge in [0.25, 0.3) is 0 Å². The van der Waals surface area contributed by atoms with Gasteiger partial charge in [0.15, 0.2) is 0 Å². The number of hydrogen-bond donors (Lipinski definition) is 5. The molecule has 0 bridgehead atoms. The van der Waals surface area contributed by atoms with E-state index in [9.17, 15) is 47.9 Å². The average molecular weight is 1560 g/mol. The smallest absolute Gasteiger partial charge is 0.328 e. The predicted octanol–water partition coefficient (Wildman–Crippen LogP) is 7.44. The van der Waals surface area contributed by atoms with Crippen LogP contribution >= 0.6 is 15.9 Å². The maximum absolute atomic E-state index is 15.2. The molecule has 1 saturated heterocycles. The number of nitrogens with zero attached hydrogens (tertiary/aromatic N) is 7. The van der Waals surface area contributed by atoms with Crippen molar-refractivity contribution in [2.45, 2.75) is 174 Å². The van der Waals surface area contributed by atoms with E-state index in [1.54, 1.807) is 41.5 Å². The number of halogens is 1. The van der Waals surface area contributed by atoms with E-state index in [-0.39, 0.29) is 147 Å². The molecule has 6 N–H and O–H groups in total. The van der Waals surface area contributed by atoms with Gasteiger partial charge in [0, 0.05) is 127 Å². The van der Waals surface area contributed by atoms with E-state index in [1.165, 1.54) is 34.8 Å². The third kappa shape index (κ3) is 39.5. The van der Waals surface area contributed by atoms with Crippen molar-refractivity contribution >= 4 is 81.0 Å². The molecule has 1 heterocycles. The van der Waals surface area contributed by atoms with Gasteiger partial charge in [-0.15, -0.1) is 0 Å². The second kappa shape index (κ2) is 51.9. The molecule has 2 rings (SSSR count). The molecule has 1 aliphatic rings. The van der Waals surface area contributed by atoms with Gasteiger partial charge in [-0.3, -0.25) is 47.9 Å². The lowest BCUT2D eigenvalue weighted by Gasteiger charge is -2.32. The molecule has 27 heteroatoms. The maximum atomic E-state index is 15.2. The monoisotopic (exact) mass is 1550 g/mol. The number of unbranched alkanes of at least 4 members (excludes halogenated alkanes) is 1. The van der Waals surface area contributed by atoms with E-state index in [4.69, 9.17) is 29.2 Å². The van der Waals surface area contributed by atoms with Crippen LogP contribution in [0, 0.1) is 35.5 Å². The van der Waals surface area contributed by atoms with E-state index < -0.39 is 104 Å². The van der Waals surface area contributed by atoms with Crippen LogP contribution in [-0.2, 0) is 73.4 Å². The van der Waals surface area contributed by atoms with Crippen LogP contribution in [-0.4, -0.2) is 261 Å². The van der Waals surface area contributed by atoms with Crippen molar-refractivity contribution in [2.24, 2.45) is 41.2 Å². The number of amides is 9. The number of carbonyl (C=O) groups excluding carboxylic acids is 10. The predicted molar refractivity (Wildman–Crippen MR) is 416 cm³/mol. The molecule has 1 aliphatic heterocycles. The minimum Gasteiger partial charge on any atom is -0.481 e. The lowest BCUT2D eigenvalue weighted by Crippen LogP contribution is -2.52. The molecule has 0 spiro atoms. The van der Waals surface area contributed by atoms with Gasteiger partial charge in [-0.1, -0.05) is 130 Å².